The molecule has 0 saturated carbocycles. The molecule has 0 amide bonds. The fourth-order valence-electron chi connectivity index (χ4n) is 8.26. The SMILES string of the molecule is CC1(c2cccc3c2oc2ccc(N(c4ccc(-c5ccccc5)cc4)c4ccc5ccccc5c4)cc23)c2ccccc2-c2ccccc21. The summed E-state index contributed by atoms with van der Waals surface area (Å²) in [6, 6.07) is 65.6. The second-order valence-corrected chi connectivity index (χ2v) is 13.5. The van der Waals surface area contributed by atoms with E-state index in [-0.39, 0.29) is 5.41 Å². The summed E-state index contributed by atoms with van der Waals surface area (Å²) in [4.78, 5) is 2.36. The van der Waals surface area contributed by atoms with Gasteiger partial charge in [-0.15, -0.1) is 0 Å². The van der Waals surface area contributed by atoms with Crippen LogP contribution in [0.3, 0.4) is 0 Å². The van der Waals surface area contributed by atoms with Crippen LogP contribution in [0.15, 0.2) is 186 Å². The maximum Gasteiger partial charge on any atom is 0.139 e. The van der Waals surface area contributed by atoms with E-state index in [1.807, 2.05) is 0 Å². The lowest BCUT2D eigenvalue weighted by Crippen LogP contribution is -2.22. The highest BCUT2D eigenvalue weighted by Crippen LogP contribution is 2.54. The maximum absolute atomic E-state index is 6.84. The minimum absolute atomic E-state index is 0.346. The van der Waals surface area contributed by atoms with Crippen molar-refractivity contribution >= 4 is 49.8 Å². The van der Waals surface area contributed by atoms with Gasteiger partial charge in [-0.2, -0.15) is 0 Å². The van der Waals surface area contributed by atoms with E-state index >= 15 is 0 Å². The summed E-state index contributed by atoms with van der Waals surface area (Å²) in [6.45, 7) is 2.35. The molecule has 1 aliphatic carbocycles. The molecule has 0 spiro atoms. The number of hydrogen-bond acceptors (Lipinski definition) is 2. The molecule has 0 unspecified atom stereocenters. The van der Waals surface area contributed by atoms with Crippen LogP contribution in [0.1, 0.15) is 23.6 Å². The molecule has 1 aliphatic rings. The van der Waals surface area contributed by atoms with E-state index in [1.54, 1.807) is 0 Å². The summed E-state index contributed by atoms with van der Waals surface area (Å²) in [6.07, 6.45) is 0. The molecule has 10 rings (SSSR count). The molecule has 2 nitrogen and oxygen atoms in total. The number of para-hydroxylation sites is 1. The molecule has 0 bridgehead atoms. The first-order valence-electron chi connectivity index (χ1n) is 17.3. The van der Waals surface area contributed by atoms with E-state index in [4.69, 9.17) is 4.42 Å². The minimum atomic E-state index is -0.346. The summed E-state index contributed by atoms with van der Waals surface area (Å²) < 4.78 is 6.84. The quantitative estimate of drug-likeness (QED) is 0.186. The van der Waals surface area contributed by atoms with Gasteiger partial charge in [0.2, 0.25) is 0 Å². The highest BCUT2D eigenvalue weighted by molar-refractivity contribution is 6.08. The highest BCUT2D eigenvalue weighted by atomic mass is 16.3. The molecule has 9 aromatic rings. The highest BCUT2D eigenvalue weighted by Gasteiger charge is 2.42. The number of hydrogen-bond donors (Lipinski definition) is 0. The third-order valence-electron chi connectivity index (χ3n) is 10.7. The predicted octanol–water partition coefficient (Wildman–Crippen LogP) is 13.2. The Labute approximate surface area is 291 Å². The van der Waals surface area contributed by atoms with Crippen molar-refractivity contribution in [2.75, 3.05) is 4.90 Å². The van der Waals surface area contributed by atoms with Crippen molar-refractivity contribution in [3.63, 3.8) is 0 Å². The first kappa shape index (κ1) is 28.6. The number of furan rings is 1. The number of benzene rings is 8. The summed E-state index contributed by atoms with van der Waals surface area (Å²) in [5, 5.41) is 4.67. The Morgan fingerprint density at radius 3 is 1.76 bits per heavy atom. The van der Waals surface area contributed by atoms with E-state index in [0.717, 1.165) is 39.0 Å². The largest absolute Gasteiger partial charge is 0.456 e. The zero-order chi connectivity index (χ0) is 33.2. The Hall–Kier alpha value is -6.38. The maximum atomic E-state index is 6.84. The van der Waals surface area contributed by atoms with Crippen molar-refractivity contribution in [2.45, 2.75) is 12.3 Å². The van der Waals surface area contributed by atoms with E-state index in [1.165, 1.54) is 49.7 Å². The molecule has 1 heterocycles. The lowest BCUT2D eigenvalue weighted by atomic mass is 9.74. The fraction of sp³-hybridized carbons (Fsp3) is 0.0417. The van der Waals surface area contributed by atoms with Crippen LogP contribution in [0.25, 0.3) is 55.0 Å². The second-order valence-electron chi connectivity index (χ2n) is 13.5. The zero-order valence-electron chi connectivity index (χ0n) is 27.7. The molecule has 0 N–H and O–H groups in total. The third kappa shape index (κ3) is 4.28. The molecular formula is C48H33NO. The van der Waals surface area contributed by atoms with Crippen LogP contribution in [0, 0.1) is 0 Å². The van der Waals surface area contributed by atoms with Crippen LogP contribution < -0.4 is 4.90 Å². The molecule has 0 atom stereocenters. The third-order valence-corrected chi connectivity index (χ3v) is 10.7. The van der Waals surface area contributed by atoms with E-state index in [0.29, 0.717) is 0 Å². The Bertz CT molecular complexity index is 2670. The van der Waals surface area contributed by atoms with Gasteiger partial charge in [0, 0.05) is 38.8 Å². The fourth-order valence-corrected chi connectivity index (χ4v) is 8.26. The van der Waals surface area contributed by atoms with Gasteiger partial charge >= 0.3 is 0 Å². The molecule has 50 heavy (non-hydrogen) atoms. The first-order chi connectivity index (χ1) is 24.7. The normalized spacial score (nSPS) is 13.1. The van der Waals surface area contributed by atoms with Gasteiger partial charge in [0.1, 0.15) is 11.2 Å². The summed E-state index contributed by atoms with van der Waals surface area (Å²) in [5.41, 5.74) is 13.6. The van der Waals surface area contributed by atoms with Gasteiger partial charge in [0.05, 0.1) is 0 Å². The molecular weight excluding hydrogens is 607 g/mol. The van der Waals surface area contributed by atoms with E-state index in [9.17, 15) is 0 Å². The van der Waals surface area contributed by atoms with Crippen molar-refractivity contribution < 1.29 is 4.42 Å². The number of nitrogens with zero attached hydrogens (tertiary/aromatic N) is 1. The minimum Gasteiger partial charge on any atom is -0.456 e. The molecule has 236 valence electrons. The lowest BCUT2D eigenvalue weighted by Gasteiger charge is -2.28. The molecule has 0 radical (unpaired) electrons. The number of rotatable bonds is 5. The summed E-state index contributed by atoms with van der Waals surface area (Å²) in [5.74, 6) is 0. The average Bonchev–Trinajstić information content (AvgIpc) is 3.69. The van der Waals surface area contributed by atoms with E-state index in [2.05, 4.69) is 194 Å². The average molecular weight is 640 g/mol. The van der Waals surface area contributed by atoms with Gasteiger partial charge in [0.15, 0.2) is 0 Å². The monoisotopic (exact) mass is 639 g/mol. The van der Waals surface area contributed by atoms with Gasteiger partial charge in [0.25, 0.3) is 0 Å². The standard InChI is InChI=1S/C48H33NO/c1-48(43-19-9-7-16-39(43)40-17-8-10-20-44(40)48)45-21-11-18-41-42-31-38(28-29-46(42)50-47(41)45)49(37-27-24-33-14-5-6-15-35(33)30-37)36-25-22-34(23-26-36)32-12-3-2-4-13-32/h2-31H,1H3. The molecule has 8 aromatic carbocycles. The lowest BCUT2D eigenvalue weighted by molar-refractivity contribution is 0.638. The van der Waals surface area contributed by atoms with Crippen molar-refractivity contribution in [1.29, 1.82) is 0 Å². The van der Waals surface area contributed by atoms with Crippen LogP contribution >= 0.6 is 0 Å². The van der Waals surface area contributed by atoms with Crippen LogP contribution in [-0.2, 0) is 5.41 Å². The number of anilines is 3. The van der Waals surface area contributed by atoms with Crippen LogP contribution in [0.2, 0.25) is 0 Å². The van der Waals surface area contributed by atoms with Crippen molar-refractivity contribution in [2.24, 2.45) is 0 Å². The molecule has 2 heteroatoms. The van der Waals surface area contributed by atoms with Crippen molar-refractivity contribution in [3.8, 4) is 22.3 Å². The zero-order valence-corrected chi connectivity index (χ0v) is 27.7. The summed E-state index contributed by atoms with van der Waals surface area (Å²) >= 11 is 0. The molecule has 0 saturated heterocycles. The number of fused-ring (bicyclic) bond motifs is 7. The summed E-state index contributed by atoms with van der Waals surface area (Å²) in [7, 11) is 0. The molecule has 0 fully saturated rings. The predicted molar refractivity (Wildman–Crippen MR) is 209 cm³/mol. The topological polar surface area (TPSA) is 16.4 Å². The Morgan fingerprint density at radius 2 is 1.00 bits per heavy atom. The molecule has 0 aliphatic heterocycles. The van der Waals surface area contributed by atoms with Crippen LogP contribution in [0.4, 0.5) is 17.1 Å². The van der Waals surface area contributed by atoms with Crippen LogP contribution in [-0.4, -0.2) is 0 Å². The second kappa shape index (κ2) is 11.1. The Morgan fingerprint density at radius 1 is 0.420 bits per heavy atom. The van der Waals surface area contributed by atoms with Gasteiger partial charge < -0.3 is 9.32 Å². The van der Waals surface area contributed by atoms with Crippen LogP contribution in [0.5, 0.6) is 0 Å². The molecule has 1 aromatic heterocycles. The van der Waals surface area contributed by atoms with Gasteiger partial charge in [-0.1, -0.05) is 140 Å². The van der Waals surface area contributed by atoms with Crippen molar-refractivity contribution in [1.82, 2.24) is 0 Å². The van der Waals surface area contributed by atoms with Gasteiger partial charge in [-0.3, -0.25) is 0 Å². The van der Waals surface area contributed by atoms with Gasteiger partial charge in [-0.05, 0) is 93.5 Å². The smallest absolute Gasteiger partial charge is 0.139 e. The Balaban J connectivity index is 1.15. The van der Waals surface area contributed by atoms with E-state index < -0.39 is 0 Å². The van der Waals surface area contributed by atoms with Crippen molar-refractivity contribution in [3.05, 3.63) is 199 Å². The Kier molecular flexibility index (Phi) is 6.34. The van der Waals surface area contributed by atoms with Gasteiger partial charge in [-0.25, -0.2) is 0 Å². The first-order valence-corrected chi connectivity index (χ1v) is 17.3.